The zero-order valence-electron chi connectivity index (χ0n) is 15.7. The molecule has 8 heteroatoms. The van der Waals surface area contributed by atoms with Crippen molar-refractivity contribution in [1.82, 2.24) is 19.9 Å². The van der Waals surface area contributed by atoms with E-state index in [9.17, 15) is 4.79 Å². The largest absolute Gasteiger partial charge is 0.475 e. The van der Waals surface area contributed by atoms with E-state index >= 15 is 0 Å². The van der Waals surface area contributed by atoms with E-state index in [1.807, 2.05) is 26.8 Å². The van der Waals surface area contributed by atoms with Gasteiger partial charge in [-0.05, 0) is 35.0 Å². The maximum absolute atomic E-state index is 12.7. The van der Waals surface area contributed by atoms with Gasteiger partial charge in [-0.25, -0.2) is 9.97 Å². The van der Waals surface area contributed by atoms with Gasteiger partial charge in [0.2, 0.25) is 5.88 Å². The van der Waals surface area contributed by atoms with Gasteiger partial charge in [-0.15, -0.1) is 0 Å². The Kier molecular flexibility index (Phi) is 6.38. The third kappa shape index (κ3) is 5.23. The first-order valence-electron chi connectivity index (χ1n) is 8.94. The number of morpholine rings is 1. The van der Waals surface area contributed by atoms with Crippen molar-refractivity contribution in [3.05, 3.63) is 46.1 Å². The normalized spacial score (nSPS) is 17.2. The van der Waals surface area contributed by atoms with Crippen LogP contribution in [0.3, 0.4) is 0 Å². The lowest BCUT2D eigenvalue weighted by atomic mass is 10.2. The van der Waals surface area contributed by atoms with Gasteiger partial charge in [0.25, 0.3) is 5.91 Å². The van der Waals surface area contributed by atoms with Crippen molar-refractivity contribution in [1.29, 1.82) is 0 Å². The molecule has 3 heterocycles. The molecule has 0 aliphatic carbocycles. The number of hydrogen-bond acceptors (Lipinski definition) is 6. The van der Waals surface area contributed by atoms with E-state index in [0.717, 1.165) is 11.5 Å². The monoisotopic (exact) mass is 434 g/mol. The minimum atomic E-state index is -0.215. The maximum atomic E-state index is 12.7. The molecule has 1 aliphatic heterocycles. The summed E-state index contributed by atoms with van der Waals surface area (Å²) >= 11 is 3.30. The van der Waals surface area contributed by atoms with Crippen LogP contribution >= 0.6 is 15.9 Å². The molecule has 0 radical (unpaired) electrons. The first kappa shape index (κ1) is 19.7. The third-order valence-corrected chi connectivity index (χ3v) is 4.58. The van der Waals surface area contributed by atoms with Crippen LogP contribution in [0.2, 0.25) is 0 Å². The van der Waals surface area contributed by atoms with Crippen LogP contribution in [0.25, 0.3) is 0 Å². The van der Waals surface area contributed by atoms with Gasteiger partial charge in [-0.1, -0.05) is 19.9 Å². The number of ether oxygens (including phenoxy) is 2. The highest BCUT2D eigenvalue weighted by Crippen LogP contribution is 2.17. The first-order chi connectivity index (χ1) is 12.9. The summed E-state index contributed by atoms with van der Waals surface area (Å²) in [5, 5.41) is 0. The van der Waals surface area contributed by atoms with E-state index in [1.165, 1.54) is 0 Å². The van der Waals surface area contributed by atoms with Crippen molar-refractivity contribution in [3.63, 3.8) is 0 Å². The Bertz CT molecular complexity index is 815. The van der Waals surface area contributed by atoms with Crippen LogP contribution in [0.1, 0.15) is 41.8 Å². The highest BCUT2D eigenvalue weighted by molar-refractivity contribution is 9.10. The molecule has 1 aliphatic rings. The van der Waals surface area contributed by atoms with Crippen LogP contribution in [-0.2, 0) is 4.74 Å². The van der Waals surface area contributed by atoms with Crippen molar-refractivity contribution in [2.24, 2.45) is 0 Å². The second-order valence-corrected chi connectivity index (χ2v) is 7.57. The summed E-state index contributed by atoms with van der Waals surface area (Å²) in [6, 6.07) is 7.12. The minimum Gasteiger partial charge on any atom is -0.475 e. The Morgan fingerprint density at radius 1 is 1.37 bits per heavy atom. The second kappa shape index (κ2) is 8.75. The van der Waals surface area contributed by atoms with Crippen LogP contribution in [0.4, 0.5) is 0 Å². The molecule has 1 unspecified atom stereocenters. The van der Waals surface area contributed by atoms with Gasteiger partial charge in [0.15, 0.2) is 0 Å². The number of amides is 1. The third-order valence-electron chi connectivity index (χ3n) is 4.14. The van der Waals surface area contributed by atoms with Crippen LogP contribution in [0.15, 0.2) is 28.9 Å². The molecule has 0 spiro atoms. The van der Waals surface area contributed by atoms with E-state index in [1.54, 1.807) is 23.1 Å². The number of aryl methyl sites for hydroxylation is 1. The van der Waals surface area contributed by atoms with Gasteiger partial charge in [0, 0.05) is 24.2 Å². The Morgan fingerprint density at radius 3 is 2.93 bits per heavy atom. The van der Waals surface area contributed by atoms with Gasteiger partial charge in [0.05, 0.1) is 13.2 Å². The van der Waals surface area contributed by atoms with E-state index in [0.29, 0.717) is 42.5 Å². The van der Waals surface area contributed by atoms with Crippen LogP contribution in [-0.4, -0.2) is 58.2 Å². The molecule has 1 saturated heterocycles. The summed E-state index contributed by atoms with van der Waals surface area (Å²) in [6.45, 7) is 7.78. The van der Waals surface area contributed by atoms with Crippen molar-refractivity contribution < 1.29 is 14.3 Å². The lowest BCUT2D eigenvalue weighted by molar-refractivity contribution is -0.0409. The minimum absolute atomic E-state index is 0.107. The molecule has 2 aromatic rings. The average Bonchev–Trinajstić information content (AvgIpc) is 2.65. The van der Waals surface area contributed by atoms with Crippen molar-refractivity contribution in [2.45, 2.75) is 32.8 Å². The number of hydrogen-bond donors (Lipinski definition) is 0. The number of carbonyl (C=O) groups excluding carboxylic acids is 1. The lowest BCUT2D eigenvalue weighted by Gasteiger charge is -2.32. The van der Waals surface area contributed by atoms with E-state index in [2.05, 4.69) is 30.9 Å². The SMILES string of the molecule is Cc1cc(OCC2CN(C(=O)c3cccc(Br)n3)CCO2)nc(C(C)C)n1. The van der Waals surface area contributed by atoms with Gasteiger partial charge < -0.3 is 14.4 Å². The molecular weight excluding hydrogens is 412 g/mol. The fraction of sp³-hybridized carbons (Fsp3) is 0.474. The first-order valence-corrected chi connectivity index (χ1v) is 9.73. The van der Waals surface area contributed by atoms with Crippen LogP contribution < -0.4 is 4.74 Å². The highest BCUT2D eigenvalue weighted by atomic mass is 79.9. The number of carbonyl (C=O) groups is 1. The molecule has 0 bridgehead atoms. The smallest absolute Gasteiger partial charge is 0.272 e. The summed E-state index contributed by atoms with van der Waals surface area (Å²) < 4.78 is 12.2. The van der Waals surface area contributed by atoms with Gasteiger partial charge in [0.1, 0.15) is 28.8 Å². The number of nitrogens with zero attached hydrogens (tertiary/aromatic N) is 4. The van der Waals surface area contributed by atoms with Crippen molar-refractivity contribution in [2.75, 3.05) is 26.3 Å². The Balaban J connectivity index is 1.61. The second-order valence-electron chi connectivity index (χ2n) is 6.76. The zero-order valence-corrected chi connectivity index (χ0v) is 17.3. The van der Waals surface area contributed by atoms with Crippen molar-refractivity contribution >= 4 is 21.8 Å². The number of aromatic nitrogens is 3. The molecule has 1 atom stereocenters. The van der Waals surface area contributed by atoms with Crippen molar-refractivity contribution in [3.8, 4) is 5.88 Å². The molecule has 7 nitrogen and oxygen atoms in total. The van der Waals surface area contributed by atoms with Crippen LogP contribution in [0, 0.1) is 6.92 Å². The Hall–Kier alpha value is -2.06. The summed E-state index contributed by atoms with van der Waals surface area (Å²) in [5.74, 6) is 1.41. The number of pyridine rings is 1. The molecular formula is C19H23BrN4O3. The fourth-order valence-corrected chi connectivity index (χ4v) is 3.11. The van der Waals surface area contributed by atoms with E-state index < -0.39 is 0 Å². The quantitative estimate of drug-likeness (QED) is 0.673. The Morgan fingerprint density at radius 2 is 2.19 bits per heavy atom. The molecule has 1 amide bonds. The van der Waals surface area contributed by atoms with Gasteiger partial charge >= 0.3 is 0 Å². The van der Waals surface area contributed by atoms with E-state index in [4.69, 9.17) is 9.47 Å². The molecule has 2 aromatic heterocycles. The summed E-state index contributed by atoms with van der Waals surface area (Å²) in [7, 11) is 0. The van der Waals surface area contributed by atoms with Gasteiger partial charge in [-0.2, -0.15) is 4.98 Å². The van der Waals surface area contributed by atoms with Gasteiger partial charge in [-0.3, -0.25) is 4.79 Å². The van der Waals surface area contributed by atoms with Crippen LogP contribution in [0.5, 0.6) is 5.88 Å². The topological polar surface area (TPSA) is 77.4 Å². The maximum Gasteiger partial charge on any atom is 0.272 e. The molecule has 0 aromatic carbocycles. The molecule has 0 saturated carbocycles. The fourth-order valence-electron chi connectivity index (χ4n) is 2.77. The average molecular weight is 435 g/mol. The molecule has 144 valence electrons. The van der Waals surface area contributed by atoms with E-state index in [-0.39, 0.29) is 17.9 Å². The number of halogens is 1. The lowest BCUT2D eigenvalue weighted by Crippen LogP contribution is -2.47. The zero-order chi connectivity index (χ0) is 19.4. The molecule has 0 N–H and O–H groups in total. The highest BCUT2D eigenvalue weighted by Gasteiger charge is 2.26. The Labute approximate surface area is 167 Å². The predicted molar refractivity (Wildman–Crippen MR) is 104 cm³/mol. The predicted octanol–water partition coefficient (Wildman–Crippen LogP) is 2.99. The summed E-state index contributed by atoms with van der Waals surface area (Å²) in [5.41, 5.74) is 1.28. The molecule has 1 fully saturated rings. The molecule has 27 heavy (non-hydrogen) atoms. The standard InChI is InChI=1S/C19H23BrN4O3/c1-12(2)18-21-13(3)9-17(23-18)27-11-14-10-24(7-8-26-14)19(25)15-5-4-6-16(20)22-15/h4-6,9,12,14H,7-8,10-11H2,1-3H3. The summed E-state index contributed by atoms with van der Waals surface area (Å²) in [4.78, 5) is 27.5. The summed E-state index contributed by atoms with van der Waals surface area (Å²) in [6.07, 6.45) is -0.215. The molecule has 3 rings (SSSR count). The number of rotatable bonds is 5.